The highest BCUT2D eigenvalue weighted by Crippen LogP contribution is 2.43. The number of rotatable bonds is 4. The zero-order valence-electron chi connectivity index (χ0n) is 16.9. The van der Waals surface area contributed by atoms with E-state index in [2.05, 4.69) is 0 Å². The number of halogens is 3. The van der Waals surface area contributed by atoms with Crippen molar-refractivity contribution in [1.29, 1.82) is 5.26 Å². The second-order valence-electron chi connectivity index (χ2n) is 6.56. The minimum Gasteiger partial charge on any atom is -0.466 e. The summed E-state index contributed by atoms with van der Waals surface area (Å²) in [5.41, 5.74) is 4.35. The molecule has 0 bridgehead atoms. The maximum absolute atomic E-state index is 14.7. The van der Waals surface area contributed by atoms with Crippen molar-refractivity contribution in [3.05, 3.63) is 88.1 Å². The van der Waals surface area contributed by atoms with Gasteiger partial charge in [0, 0.05) is 12.1 Å². The molecule has 1 aliphatic rings. The zero-order chi connectivity index (χ0) is 23.6. The van der Waals surface area contributed by atoms with Crippen molar-refractivity contribution < 1.29 is 32.2 Å². The fourth-order valence-corrected chi connectivity index (χ4v) is 3.47. The van der Waals surface area contributed by atoms with E-state index < -0.39 is 58.1 Å². The lowest BCUT2D eigenvalue weighted by atomic mass is 9.81. The second-order valence-corrected chi connectivity index (χ2v) is 6.56. The third-order valence-electron chi connectivity index (χ3n) is 4.83. The highest BCUT2D eigenvalue weighted by atomic mass is 19.2. The standard InChI is InChI=1S/C22H16F3N3O4/c1-31-21(29)17-16(11-6-4-3-5-7-11)13(10-26)20(27)28(19(17)22(30)32-2)15-9-12(23)8-14(24)18(15)25/h3-9,16H,27H2,1-2H3. The molecule has 1 heterocycles. The molecule has 164 valence electrons. The lowest BCUT2D eigenvalue weighted by molar-refractivity contribution is -0.139. The summed E-state index contributed by atoms with van der Waals surface area (Å²) in [6, 6.07) is 10.8. The van der Waals surface area contributed by atoms with Gasteiger partial charge in [0.2, 0.25) is 0 Å². The number of ether oxygens (including phenoxy) is 2. The van der Waals surface area contributed by atoms with Gasteiger partial charge in [0.15, 0.2) is 11.6 Å². The number of benzene rings is 2. The van der Waals surface area contributed by atoms with Crippen LogP contribution in [0, 0.1) is 28.8 Å². The Bertz CT molecular complexity index is 1200. The third kappa shape index (κ3) is 3.65. The summed E-state index contributed by atoms with van der Waals surface area (Å²) in [5, 5.41) is 9.84. The van der Waals surface area contributed by atoms with Crippen LogP contribution >= 0.6 is 0 Å². The molecule has 0 spiro atoms. The summed E-state index contributed by atoms with van der Waals surface area (Å²) >= 11 is 0. The van der Waals surface area contributed by atoms with Crippen molar-refractivity contribution >= 4 is 17.6 Å². The van der Waals surface area contributed by atoms with Gasteiger partial charge in [0.05, 0.1) is 43.0 Å². The molecule has 7 nitrogen and oxygen atoms in total. The van der Waals surface area contributed by atoms with E-state index in [9.17, 15) is 28.0 Å². The van der Waals surface area contributed by atoms with Crippen LogP contribution < -0.4 is 10.6 Å². The molecule has 10 heteroatoms. The van der Waals surface area contributed by atoms with Crippen LogP contribution in [0.2, 0.25) is 0 Å². The number of esters is 2. The van der Waals surface area contributed by atoms with Gasteiger partial charge >= 0.3 is 11.9 Å². The molecule has 32 heavy (non-hydrogen) atoms. The van der Waals surface area contributed by atoms with Crippen LogP contribution in [0.25, 0.3) is 0 Å². The number of nitriles is 1. The van der Waals surface area contributed by atoms with E-state index >= 15 is 0 Å². The van der Waals surface area contributed by atoms with E-state index in [0.29, 0.717) is 22.6 Å². The quantitative estimate of drug-likeness (QED) is 0.572. The van der Waals surface area contributed by atoms with Gasteiger partial charge in [-0.25, -0.2) is 22.8 Å². The number of nitrogens with zero attached hydrogens (tertiary/aromatic N) is 2. The predicted molar refractivity (Wildman–Crippen MR) is 106 cm³/mol. The Balaban J connectivity index is 2.47. The smallest absolute Gasteiger partial charge is 0.355 e. The maximum Gasteiger partial charge on any atom is 0.355 e. The van der Waals surface area contributed by atoms with Gasteiger partial charge in [-0.05, 0) is 5.56 Å². The average molecular weight is 443 g/mol. The first kappa shape index (κ1) is 22.4. The number of carbonyl (C=O) groups excluding carboxylic acids is 2. The Morgan fingerprint density at radius 3 is 2.25 bits per heavy atom. The normalized spacial score (nSPS) is 16.0. The fourth-order valence-electron chi connectivity index (χ4n) is 3.47. The number of carbonyl (C=O) groups is 2. The molecule has 1 unspecified atom stereocenters. The van der Waals surface area contributed by atoms with Crippen molar-refractivity contribution in [3.8, 4) is 6.07 Å². The summed E-state index contributed by atoms with van der Waals surface area (Å²) in [5.74, 6) is -8.24. The zero-order valence-corrected chi connectivity index (χ0v) is 16.9. The number of nitrogens with two attached hydrogens (primary N) is 1. The summed E-state index contributed by atoms with van der Waals surface area (Å²) in [6.45, 7) is 0. The Morgan fingerprint density at radius 1 is 1.06 bits per heavy atom. The van der Waals surface area contributed by atoms with Crippen LogP contribution in [0.3, 0.4) is 0 Å². The largest absolute Gasteiger partial charge is 0.466 e. The third-order valence-corrected chi connectivity index (χ3v) is 4.83. The van der Waals surface area contributed by atoms with E-state index in [4.69, 9.17) is 15.2 Å². The fraction of sp³-hybridized carbons (Fsp3) is 0.136. The molecule has 1 atom stereocenters. The number of allylic oxidation sites excluding steroid dienone is 1. The van der Waals surface area contributed by atoms with Gasteiger partial charge < -0.3 is 15.2 Å². The summed E-state index contributed by atoms with van der Waals surface area (Å²) in [7, 11) is 2.02. The van der Waals surface area contributed by atoms with Gasteiger partial charge in [-0.3, -0.25) is 4.90 Å². The van der Waals surface area contributed by atoms with Crippen LogP contribution in [0.15, 0.2) is 65.1 Å². The van der Waals surface area contributed by atoms with Gasteiger partial charge in [-0.2, -0.15) is 5.26 Å². The number of anilines is 1. The topological polar surface area (TPSA) is 106 Å². The minimum absolute atomic E-state index is 0.270. The molecule has 0 radical (unpaired) electrons. The summed E-state index contributed by atoms with van der Waals surface area (Å²) in [4.78, 5) is 26.2. The van der Waals surface area contributed by atoms with Crippen LogP contribution in [-0.2, 0) is 19.1 Å². The molecule has 0 saturated carbocycles. The van der Waals surface area contributed by atoms with Gasteiger partial charge in [-0.15, -0.1) is 0 Å². The highest BCUT2D eigenvalue weighted by Gasteiger charge is 2.43. The van der Waals surface area contributed by atoms with Crippen LogP contribution in [0.4, 0.5) is 18.9 Å². The molecule has 1 aliphatic heterocycles. The van der Waals surface area contributed by atoms with Crippen molar-refractivity contribution in [3.63, 3.8) is 0 Å². The second kappa shape index (κ2) is 8.85. The van der Waals surface area contributed by atoms with Gasteiger partial charge in [0.1, 0.15) is 17.3 Å². The van der Waals surface area contributed by atoms with Crippen molar-refractivity contribution in [1.82, 2.24) is 0 Å². The molecule has 3 rings (SSSR count). The van der Waals surface area contributed by atoms with Gasteiger partial charge in [0.25, 0.3) is 0 Å². The monoisotopic (exact) mass is 443 g/mol. The lowest BCUT2D eigenvalue weighted by Gasteiger charge is -2.36. The van der Waals surface area contributed by atoms with Crippen LogP contribution in [0.1, 0.15) is 11.5 Å². The Morgan fingerprint density at radius 2 is 1.69 bits per heavy atom. The maximum atomic E-state index is 14.7. The predicted octanol–water partition coefficient (Wildman–Crippen LogP) is 3.00. The van der Waals surface area contributed by atoms with E-state index in [1.165, 1.54) is 0 Å². The highest BCUT2D eigenvalue weighted by molar-refractivity contribution is 6.06. The molecular weight excluding hydrogens is 427 g/mol. The molecule has 0 aromatic heterocycles. The Kier molecular flexibility index (Phi) is 6.20. The number of methoxy groups -OCH3 is 2. The van der Waals surface area contributed by atoms with E-state index in [0.717, 1.165) is 14.2 Å². The Labute approximate surface area is 180 Å². The molecule has 0 saturated heterocycles. The van der Waals surface area contributed by atoms with Gasteiger partial charge in [-0.1, -0.05) is 30.3 Å². The van der Waals surface area contributed by atoms with E-state index in [1.807, 2.05) is 6.07 Å². The average Bonchev–Trinajstić information content (AvgIpc) is 2.80. The molecule has 2 aromatic rings. The minimum atomic E-state index is -1.57. The van der Waals surface area contributed by atoms with Crippen molar-refractivity contribution in [2.45, 2.75) is 5.92 Å². The molecule has 2 N–H and O–H groups in total. The molecule has 0 amide bonds. The molecule has 0 fully saturated rings. The number of hydrogen-bond donors (Lipinski definition) is 1. The SMILES string of the molecule is COC(=O)C1=C(C(=O)OC)N(c2cc(F)cc(F)c2F)C(N)=C(C#N)C1c1ccccc1. The number of hydrogen-bond acceptors (Lipinski definition) is 7. The first-order valence-corrected chi connectivity index (χ1v) is 9.06. The molecule has 0 aliphatic carbocycles. The molecular formula is C22H16F3N3O4. The summed E-state index contributed by atoms with van der Waals surface area (Å²) < 4.78 is 52.2. The van der Waals surface area contributed by atoms with Crippen LogP contribution in [0.5, 0.6) is 0 Å². The summed E-state index contributed by atoms with van der Waals surface area (Å²) in [6.07, 6.45) is 0. The van der Waals surface area contributed by atoms with Crippen LogP contribution in [-0.4, -0.2) is 26.2 Å². The Hall–Kier alpha value is -4.26. The van der Waals surface area contributed by atoms with E-state index in [1.54, 1.807) is 30.3 Å². The lowest BCUT2D eigenvalue weighted by Crippen LogP contribution is -2.41. The first-order chi connectivity index (χ1) is 15.3. The van der Waals surface area contributed by atoms with Crippen molar-refractivity contribution in [2.75, 3.05) is 19.1 Å². The first-order valence-electron chi connectivity index (χ1n) is 9.06. The molecule has 2 aromatic carbocycles. The van der Waals surface area contributed by atoms with Crippen molar-refractivity contribution in [2.24, 2.45) is 5.73 Å². The van der Waals surface area contributed by atoms with E-state index in [-0.39, 0.29) is 5.57 Å².